The third-order valence-electron chi connectivity index (χ3n) is 2.42. The number of thioether (sulfide) groups is 1. The maximum Gasteiger partial charge on any atom is 0.242 e. The minimum Gasteiger partial charge on any atom is -0.211 e. The van der Waals surface area contributed by atoms with E-state index >= 15 is 0 Å². The quantitative estimate of drug-likeness (QED) is 0.875. The van der Waals surface area contributed by atoms with Crippen molar-refractivity contribution in [1.29, 1.82) is 5.26 Å². The van der Waals surface area contributed by atoms with Crippen molar-refractivity contribution in [3.63, 3.8) is 0 Å². The molecule has 1 N–H and O–H groups in total. The summed E-state index contributed by atoms with van der Waals surface area (Å²) in [5, 5.41) is 8.77. The smallest absolute Gasteiger partial charge is 0.211 e. The van der Waals surface area contributed by atoms with E-state index in [1.165, 1.54) is 18.2 Å². The van der Waals surface area contributed by atoms with Crippen molar-refractivity contribution in [1.82, 2.24) is 4.72 Å². The van der Waals surface area contributed by atoms with Crippen LogP contribution in [-0.2, 0) is 10.0 Å². The first kappa shape index (κ1) is 16.3. The Balaban J connectivity index is 2.86. The van der Waals surface area contributed by atoms with Crippen LogP contribution in [0.2, 0.25) is 5.02 Å². The minimum atomic E-state index is -3.63. The summed E-state index contributed by atoms with van der Waals surface area (Å²) >= 11 is 7.56. The van der Waals surface area contributed by atoms with Crippen LogP contribution in [0.4, 0.5) is 0 Å². The number of nitriles is 1. The first-order valence-electron chi connectivity index (χ1n) is 5.59. The average molecular weight is 319 g/mol. The summed E-state index contributed by atoms with van der Waals surface area (Å²) in [6, 6.07) is 6.05. The fraction of sp³-hybridized carbons (Fsp3) is 0.417. The second-order valence-corrected chi connectivity index (χ2v) is 7.22. The molecule has 0 fully saturated rings. The van der Waals surface area contributed by atoms with Crippen LogP contribution in [0.5, 0.6) is 0 Å². The molecule has 1 aromatic carbocycles. The number of rotatable bonds is 6. The van der Waals surface area contributed by atoms with E-state index in [1.54, 1.807) is 11.8 Å². The maximum atomic E-state index is 12.1. The molecule has 1 aromatic rings. The van der Waals surface area contributed by atoms with Gasteiger partial charge in [-0.25, -0.2) is 13.1 Å². The fourth-order valence-electron chi connectivity index (χ4n) is 1.46. The summed E-state index contributed by atoms with van der Waals surface area (Å²) in [6.45, 7) is 2.33. The second-order valence-electron chi connectivity index (χ2n) is 4.17. The normalized spacial score (nSPS) is 12.9. The van der Waals surface area contributed by atoms with Crippen molar-refractivity contribution in [2.75, 3.05) is 18.6 Å². The van der Waals surface area contributed by atoms with Gasteiger partial charge in [-0.3, -0.25) is 0 Å². The van der Waals surface area contributed by atoms with Crippen molar-refractivity contribution in [3.05, 3.63) is 28.8 Å². The highest BCUT2D eigenvalue weighted by Crippen LogP contribution is 2.22. The van der Waals surface area contributed by atoms with Gasteiger partial charge in [-0.1, -0.05) is 18.5 Å². The van der Waals surface area contributed by atoms with Crippen LogP contribution < -0.4 is 4.72 Å². The SMILES string of the molecule is CSCC(C)CNS(=O)(=O)c1ccc(C#N)cc1Cl. The zero-order valence-electron chi connectivity index (χ0n) is 10.7. The molecule has 0 aliphatic rings. The highest BCUT2D eigenvalue weighted by atomic mass is 35.5. The van der Waals surface area contributed by atoms with E-state index in [9.17, 15) is 8.42 Å². The van der Waals surface area contributed by atoms with Crippen molar-refractivity contribution in [3.8, 4) is 6.07 Å². The van der Waals surface area contributed by atoms with E-state index in [1.807, 2.05) is 19.2 Å². The Labute approximate surface area is 123 Å². The van der Waals surface area contributed by atoms with E-state index in [2.05, 4.69) is 4.72 Å². The first-order valence-corrected chi connectivity index (χ1v) is 8.84. The zero-order valence-corrected chi connectivity index (χ0v) is 13.1. The van der Waals surface area contributed by atoms with Gasteiger partial charge in [0.15, 0.2) is 0 Å². The van der Waals surface area contributed by atoms with Crippen LogP contribution in [0.15, 0.2) is 23.1 Å². The fourth-order valence-corrected chi connectivity index (χ4v) is 3.86. The Morgan fingerprint density at radius 3 is 2.74 bits per heavy atom. The van der Waals surface area contributed by atoms with E-state index in [4.69, 9.17) is 16.9 Å². The molecule has 19 heavy (non-hydrogen) atoms. The van der Waals surface area contributed by atoms with Crippen LogP contribution in [0.1, 0.15) is 12.5 Å². The molecular formula is C12H15ClN2O2S2. The Kier molecular flexibility index (Phi) is 6.14. The molecule has 1 rings (SSSR count). The number of halogens is 1. The van der Waals surface area contributed by atoms with E-state index in [-0.39, 0.29) is 15.8 Å². The number of benzene rings is 1. The van der Waals surface area contributed by atoms with Gasteiger partial charge in [0, 0.05) is 6.54 Å². The van der Waals surface area contributed by atoms with E-state index in [0.29, 0.717) is 12.1 Å². The van der Waals surface area contributed by atoms with Gasteiger partial charge in [-0.15, -0.1) is 0 Å². The van der Waals surface area contributed by atoms with Gasteiger partial charge >= 0.3 is 0 Å². The summed E-state index contributed by atoms with van der Waals surface area (Å²) in [5.74, 6) is 1.12. The molecule has 0 spiro atoms. The van der Waals surface area contributed by atoms with E-state index < -0.39 is 10.0 Å². The van der Waals surface area contributed by atoms with Crippen molar-refractivity contribution in [2.24, 2.45) is 5.92 Å². The lowest BCUT2D eigenvalue weighted by molar-refractivity contribution is 0.562. The van der Waals surface area contributed by atoms with Crippen LogP contribution in [0.25, 0.3) is 0 Å². The second kappa shape index (κ2) is 7.15. The zero-order chi connectivity index (χ0) is 14.5. The topological polar surface area (TPSA) is 70.0 Å². The monoisotopic (exact) mass is 318 g/mol. The van der Waals surface area contributed by atoms with Crippen LogP contribution in [-0.4, -0.2) is 27.0 Å². The Bertz CT molecular complexity index is 582. The van der Waals surface area contributed by atoms with Gasteiger partial charge in [0.25, 0.3) is 0 Å². The number of hydrogen-bond donors (Lipinski definition) is 1. The molecular weight excluding hydrogens is 304 g/mol. The van der Waals surface area contributed by atoms with Crippen LogP contribution in [0, 0.1) is 17.2 Å². The predicted octanol–water partition coefficient (Wildman–Crippen LogP) is 2.49. The Morgan fingerprint density at radius 2 is 2.21 bits per heavy atom. The highest BCUT2D eigenvalue weighted by molar-refractivity contribution is 7.98. The number of hydrogen-bond acceptors (Lipinski definition) is 4. The van der Waals surface area contributed by atoms with E-state index in [0.717, 1.165) is 5.75 Å². The van der Waals surface area contributed by atoms with Crippen LogP contribution >= 0.6 is 23.4 Å². The highest BCUT2D eigenvalue weighted by Gasteiger charge is 2.18. The number of sulfonamides is 1. The summed E-state index contributed by atoms with van der Waals surface area (Å²) in [6.07, 6.45) is 1.97. The third-order valence-corrected chi connectivity index (χ3v) is 5.23. The summed E-state index contributed by atoms with van der Waals surface area (Å²) in [4.78, 5) is 0.00418. The molecule has 0 bridgehead atoms. The third kappa shape index (κ3) is 4.69. The van der Waals surface area contributed by atoms with Crippen molar-refractivity contribution >= 4 is 33.4 Å². The molecule has 1 atom stereocenters. The molecule has 7 heteroatoms. The molecule has 0 saturated carbocycles. The van der Waals surface area contributed by atoms with Gasteiger partial charge < -0.3 is 0 Å². The predicted molar refractivity (Wildman–Crippen MR) is 78.9 cm³/mol. The largest absolute Gasteiger partial charge is 0.242 e. The minimum absolute atomic E-state index is 0.00418. The lowest BCUT2D eigenvalue weighted by Gasteiger charge is -2.12. The summed E-state index contributed by atoms with van der Waals surface area (Å²) < 4.78 is 26.7. The summed E-state index contributed by atoms with van der Waals surface area (Å²) in [7, 11) is -3.63. The van der Waals surface area contributed by atoms with Gasteiger partial charge in [0.2, 0.25) is 10.0 Å². The molecule has 104 valence electrons. The molecule has 0 aliphatic carbocycles. The molecule has 0 aliphatic heterocycles. The molecule has 0 heterocycles. The maximum absolute atomic E-state index is 12.1. The average Bonchev–Trinajstić information content (AvgIpc) is 2.36. The molecule has 0 amide bonds. The number of nitrogens with one attached hydrogen (secondary N) is 1. The lowest BCUT2D eigenvalue weighted by Crippen LogP contribution is -2.29. The molecule has 0 saturated heterocycles. The summed E-state index contributed by atoms with van der Waals surface area (Å²) in [5.41, 5.74) is 0.333. The first-order chi connectivity index (χ1) is 8.90. The Hall–Kier alpha value is -0.740. The van der Waals surface area contributed by atoms with Gasteiger partial charge in [0.1, 0.15) is 4.90 Å². The molecule has 4 nitrogen and oxygen atoms in total. The van der Waals surface area contributed by atoms with Crippen molar-refractivity contribution < 1.29 is 8.42 Å². The molecule has 1 unspecified atom stereocenters. The van der Waals surface area contributed by atoms with Gasteiger partial charge in [-0.2, -0.15) is 17.0 Å². The van der Waals surface area contributed by atoms with Gasteiger partial charge in [-0.05, 0) is 36.1 Å². The van der Waals surface area contributed by atoms with Gasteiger partial charge in [0.05, 0.1) is 16.7 Å². The lowest BCUT2D eigenvalue weighted by atomic mass is 10.2. The van der Waals surface area contributed by atoms with Crippen LogP contribution in [0.3, 0.4) is 0 Å². The number of nitrogens with zero attached hydrogens (tertiary/aromatic N) is 1. The standard InChI is InChI=1S/C12H15ClN2O2S2/c1-9(8-18-2)7-15-19(16,17)12-4-3-10(6-14)5-11(12)13/h3-5,9,15H,7-8H2,1-2H3. The Morgan fingerprint density at radius 1 is 1.53 bits per heavy atom. The molecule has 0 radical (unpaired) electrons. The van der Waals surface area contributed by atoms with Crippen molar-refractivity contribution in [2.45, 2.75) is 11.8 Å². The molecule has 0 aromatic heterocycles.